The van der Waals surface area contributed by atoms with Crippen molar-refractivity contribution in [1.82, 2.24) is 9.97 Å². The number of carbonyl (C=O) groups excluding carboxylic acids is 1. The van der Waals surface area contributed by atoms with Gasteiger partial charge in [-0.2, -0.15) is 5.11 Å². The maximum Gasteiger partial charge on any atom is 0.269 e. The van der Waals surface area contributed by atoms with Crippen molar-refractivity contribution < 1.29 is 8.91 Å². The number of H-pyrrole nitrogens is 1. The number of carbonyl (C=O) groups is 1. The van der Waals surface area contributed by atoms with Crippen molar-refractivity contribution in [3.05, 3.63) is 12.0 Å². The van der Waals surface area contributed by atoms with E-state index in [1.165, 1.54) is 6.33 Å². The van der Waals surface area contributed by atoms with Crippen molar-refractivity contribution in [2.45, 2.75) is 0 Å². The van der Waals surface area contributed by atoms with Crippen LogP contribution in [-0.4, -0.2) is 22.9 Å². The minimum atomic E-state index is -2.53. The summed E-state index contributed by atoms with van der Waals surface area (Å²) in [5, 5.41) is 6.09. The average molecular weight is 171 g/mol. The molecule has 1 amide bonds. The van der Waals surface area contributed by atoms with Gasteiger partial charge in [0.15, 0.2) is 5.82 Å². The zero-order chi connectivity index (χ0) is 11.5. The lowest BCUT2D eigenvalue weighted by molar-refractivity contribution is 0.0997. The third kappa shape index (κ3) is 1.57. The summed E-state index contributed by atoms with van der Waals surface area (Å²) in [6, 6.07) is 0. The largest absolute Gasteiger partial charge is 0.364 e. The van der Waals surface area contributed by atoms with Gasteiger partial charge in [-0.05, 0) is 0 Å². The molecule has 1 aromatic rings. The number of imidazole rings is 1. The molecule has 7 heteroatoms. The van der Waals surface area contributed by atoms with E-state index in [9.17, 15) is 4.79 Å². The summed E-state index contributed by atoms with van der Waals surface area (Å²) >= 11 is 0. The van der Waals surface area contributed by atoms with Gasteiger partial charge in [0.05, 0.1) is 13.3 Å². The van der Waals surface area contributed by atoms with Crippen molar-refractivity contribution in [3.63, 3.8) is 0 Å². The van der Waals surface area contributed by atoms with Gasteiger partial charge in [0.25, 0.3) is 5.91 Å². The molecule has 4 N–H and O–H groups in total. The first-order chi connectivity index (χ1) is 6.90. The second-order valence-electron chi connectivity index (χ2n) is 1.80. The molecule has 0 aliphatic carbocycles. The number of hydrogen-bond acceptors (Lipinski definition) is 4. The normalized spacial score (nSPS) is 15.2. The summed E-state index contributed by atoms with van der Waals surface area (Å²) in [4.78, 5) is 16.9. The van der Waals surface area contributed by atoms with Crippen molar-refractivity contribution in [2.75, 3.05) is 12.4 Å². The number of nitrogens with two attached hydrogens (primary N) is 1. The van der Waals surface area contributed by atoms with Crippen LogP contribution >= 0.6 is 0 Å². The van der Waals surface area contributed by atoms with Gasteiger partial charge in [-0.3, -0.25) is 4.79 Å². The van der Waals surface area contributed by atoms with E-state index in [-0.39, 0.29) is 11.5 Å². The van der Waals surface area contributed by atoms with Crippen LogP contribution in [0.5, 0.6) is 0 Å². The molecule has 0 saturated heterocycles. The Labute approximate surface area is 72.3 Å². The predicted octanol–water partition coefficient (Wildman–Crippen LogP) is -0.0825. The maximum atomic E-state index is 10.8. The molecule has 0 aromatic carbocycles. The fourth-order valence-corrected chi connectivity index (χ4v) is 0.639. The van der Waals surface area contributed by atoms with Crippen LogP contribution in [0.2, 0.25) is 0 Å². The summed E-state index contributed by atoms with van der Waals surface area (Å²) < 4.78 is 20.1. The van der Waals surface area contributed by atoms with Crippen LogP contribution in [0.25, 0.3) is 0 Å². The van der Waals surface area contributed by atoms with E-state index in [0.29, 0.717) is 0 Å². The van der Waals surface area contributed by atoms with E-state index in [1.807, 2.05) is 0 Å². The Morgan fingerprint density at radius 1 is 2.00 bits per heavy atom. The summed E-state index contributed by atoms with van der Waals surface area (Å²) in [6.07, 6.45) is 1.22. The average Bonchev–Trinajstić information content (AvgIpc) is 2.49. The van der Waals surface area contributed by atoms with Crippen molar-refractivity contribution >= 4 is 11.7 Å². The predicted molar refractivity (Wildman–Crippen MR) is 41.5 cm³/mol. The van der Waals surface area contributed by atoms with Gasteiger partial charge >= 0.3 is 0 Å². The number of nitrogens with zero attached hydrogens (tertiary/aromatic N) is 3. The highest BCUT2D eigenvalue weighted by atomic mass is 16.1. The second-order valence-corrected chi connectivity index (χ2v) is 1.80. The Kier molecular flexibility index (Phi) is 1.40. The molecule has 1 rings (SSSR count). The maximum absolute atomic E-state index is 10.8. The molecule has 0 fully saturated rings. The minimum Gasteiger partial charge on any atom is -0.364 e. The molecule has 0 unspecified atom stereocenters. The fourth-order valence-electron chi connectivity index (χ4n) is 0.639. The first kappa shape index (κ1) is 4.86. The summed E-state index contributed by atoms with van der Waals surface area (Å²) in [6.45, 7) is -2.53. The van der Waals surface area contributed by atoms with Crippen LogP contribution in [0.15, 0.2) is 16.7 Å². The summed E-state index contributed by atoms with van der Waals surface area (Å²) in [7, 11) is 0. The number of hydrogen-bond donors (Lipinski definition) is 3. The molecule has 7 nitrogen and oxygen atoms in total. The molecule has 64 valence electrons. The Balaban J connectivity index is 2.70. The first-order valence-corrected chi connectivity index (χ1v) is 2.91. The van der Waals surface area contributed by atoms with E-state index in [4.69, 9.17) is 9.85 Å². The van der Waals surface area contributed by atoms with Crippen LogP contribution < -0.4 is 11.2 Å². The van der Waals surface area contributed by atoms with Crippen LogP contribution in [0.3, 0.4) is 0 Å². The lowest BCUT2D eigenvalue weighted by Gasteiger charge is -1.94. The number of aromatic amines is 1. The minimum absolute atomic E-state index is 0.000471. The van der Waals surface area contributed by atoms with Gasteiger partial charge in [0.2, 0.25) is 0 Å². The molecule has 1 heterocycles. The van der Waals surface area contributed by atoms with Gasteiger partial charge in [0, 0.05) is 4.11 Å². The molecule has 0 radical (unpaired) electrons. The van der Waals surface area contributed by atoms with E-state index in [0.717, 1.165) is 0 Å². The Morgan fingerprint density at radius 2 is 2.83 bits per heavy atom. The van der Waals surface area contributed by atoms with E-state index in [1.54, 1.807) is 0 Å². The molecule has 0 aliphatic heterocycles. The second kappa shape index (κ2) is 3.46. The SMILES string of the molecule is [2H]C([2H])([2H])N=NNc1nc[nH]c1C(N)=O. The van der Waals surface area contributed by atoms with Gasteiger partial charge in [0.1, 0.15) is 5.69 Å². The quantitative estimate of drug-likeness (QED) is 0.437. The van der Waals surface area contributed by atoms with Crippen molar-refractivity contribution in [3.8, 4) is 0 Å². The molecule has 0 atom stereocenters. The number of anilines is 1. The standard InChI is InChI=1S/C5H8N6O/c1-7-11-10-5-3(4(6)12)8-2-9-5/h2H,1H3,(H2,6,12)(H,7,10)(H,8,9)/i1D3. The van der Waals surface area contributed by atoms with Gasteiger partial charge in [-0.25, -0.2) is 10.4 Å². The van der Waals surface area contributed by atoms with E-state index >= 15 is 0 Å². The van der Waals surface area contributed by atoms with E-state index in [2.05, 4.69) is 25.7 Å². The number of amides is 1. The summed E-state index contributed by atoms with van der Waals surface area (Å²) in [5.41, 5.74) is 7.17. The Morgan fingerprint density at radius 3 is 3.50 bits per heavy atom. The third-order valence-corrected chi connectivity index (χ3v) is 1.09. The zero-order valence-corrected chi connectivity index (χ0v) is 5.90. The molecule has 0 bridgehead atoms. The van der Waals surface area contributed by atoms with Crippen molar-refractivity contribution in [1.29, 1.82) is 0 Å². The fraction of sp³-hybridized carbons (Fsp3) is 0.200. The topological polar surface area (TPSA) is 109 Å². The van der Waals surface area contributed by atoms with Crippen LogP contribution in [0.4, 0.5) is 5.82 Å². The first-order valence-electron chi connectivity index (χ1n) is 4.41. The van der Waals surface area contributed by atoms with Crippen molar-refractivity contribution in [2.24, 2.45) is 16.1 Å². The zero-order valence-electron chi connectivity index (χ0n) is 8.90. The highest BCUT2D eigenvalue weighted by Gasteiger charge is 2.09. The van der Waals surface area contributed by atoms with Crippen LogP contribution in [0, 0.1) is 0 Å². The van der Waals surface area contributed by atoms with Crippen LogP contribution in [0.1, 0.15) is 14.6 Å². The van der Waals surface area contributed by atoms with Gasteiger partial charge in [-0.15, -0.1) is 0 Å². The number of primary amides is 1. The smallest absolute Gasteiger partial charge is 0.269 e. The Hall–Kier alpha value is -1.92. The molecule has 1 aromatic heterocycles. The molecule has 0 spiro atoms. The summed E-state index contributed by atoms with van der Waals surface area (Å²) in [5.74, 6) is -0.713. The molecule has 0 aliphatic rings. The molecular weight excluding hydrogens is 160 g/mol. The number of nitrogens with one attached hydrogen (secondary N) is 2. The van der Waals surface area contributed by atoms with Gasteiger partial charge in [-0.1, -0.05) is 5.22 Å². The molecular formula is C5H8N6O. The lowest BCUT2D eigenvalue weighted by atomic mass is 10.4. The molecule has 12 heavy (non-hydrogen) atoms. The highest BCUT2D eigenvalue weighted by Crippen LogP contribution is 2.07. The van der Waals surface area contributed by atoms with Crippen LogP contribution in [-0.2, 0) is 0 Å². The molecule has 0 saturated carbocycles. The van der Waals surface area contributed by atoms with Gasteiger partial charge < -0.3 is 10.7 Å². The van der Waals surface area contributed by atoms with E-state index < -0.39 is 12.9 Å². The highest BCUT2D eigenvalue weighted by molar-refractivity contribution is 5.95. The number of rotatable bonds is 3. The Bertz CT molecular complexity index is 382. The lowest BCUT2D eigenvalue weighted by Crippen LogP contribution is -2.13. The third-order valence-electron chi connectivity index (χ3n) is 1.09. The number of aromatic nitrogens is 2. The monoisotopic (exact) mass is 171 g/mol.